The summed E-state index contributed by atoms with van der Waals surface area (Å²) in [4.78, 5) is 32.9. The van der Waals surface area contributed by atoms with Gasteiger partial charge in [0.2, 0.25) is 5.91 Å². The highest BCUT2D eigenvalue weighted by molar-refractivity contribution is 6.09. The molecule has 4 N–H and O–H groups in total. The molecule has 1 aromatic carbocycles. The number of ether oxygens (including phenoxy) is 1. The molecule has 0 aliphatic carbocycles. The molecule has 2 aliphatic rings. The van der Waals surface area contributed by atoms with Crippen molar-refractivity contribution in [3.8, 4) is 5.75 Å². The molecule has 11 heteroatoms. The standard InChI is InChI=1S/C23H27N7O4/c1-23(33)11-15-9-17(27-22(32)16-12-26-30-4-2-3-25-21(16)30)18(10-19(15)34-14-23)29-7-5-28(6-8-29)13-20(24)31/h2-4,9-10,12,33H,5-8,11,13-14H2,1H3,(H2,24,31)(H,27,32). The van der Waals surface area contributed by atoms with Crippen molar-refractivity contribution < 1.29 is 19.4 Å². The second kappa shape index (κ2) is 8.58. The monoisotopic (exact) mass is 465 g/mol. The predicted molar refractivity (Wildman–Crippen MR) is 125 cm³/mol. The first-order valence-corrected chi connectivity index (χ1v) is 11.2. The van der Waals surface area contributed by atoms with Crippen molar-refractivity contribution >= 4 is 28.8 Å². The predicted octanol–water partition coefficient (Wildman–Crippen LogP) is 0.275. The molecule has 2 amide bonds. The third-order valence-corrected chi connectivity index (χ3v) is 6.15. The van der Waals surface area contributed by atoms with Gasteiger partial charge in [0.1, 0.15) is 17.9 Å². The van der Waals surface area contributed by atoms with Gasteiger partial charge in [-0.15, -0.1) is 0 Å². The molecule has 2 aromatic heterocycles. The van der Waals surface area contributed by atoms with Crippen LogP contribution in [0.2, 0.25) is 0 Å². The Bertz CT molecular complexity index is 1250. The fourth-order valence-electron chi connectivity index (χ4n) is 4.49. The summed E-state index contributed by atoms with van der Waals surface area (Å²) >= 11 is 0. The lowest BCUT2D eigenvalue weighted by atomic mass is 9.93. The highest BCUT2D eigenvalue weighted by atomic mass is 16.5. The first-order chi connectivity index (χ1) is 16.3. The lowest BCUT2D eigenvalue weighted by molar-refractivity contribution is -0.119. The number of primary amides is 1. The number of aliphatic hydroxyl groups is 1. The van der Waals surface area contributed by atoms with Crippen LogP contribution in [0.3, 0.4) is 0 Å². The maximum atomic E-state index is 13.2. The van der Waals surface area contributed by atoms with Gasteiger partial charge >= 0.3 is 0 Å². The van der Waals surface area contributed by atoms with Gasteiger partial charge in [0.25, 0.3) is 5.91 Å². The van der Waals surface area contributed by atoms with Crippen LogP contribution in [0.15, 0.2) is 36.8 Å². The number of rotatable bonds is 5. The lowest BCUT2D eigenvalue weighted by Gasteiger charge is -2.37. The molecule has 0 bridgehead atoms. The molecule has 1 fully saturated rings. The van der Waals surface area contributed by atoms with E-state index in [1.54, 1.807) is 29.9 Å². The van der Waals surface area contributed by atoms with Gasteiger partial charge in [-0.1, -0.05) is 0 Å². The molecule has 11 nitrogen and oxygen atoms in total. The van der Waals surface area contributed by atoms with E-state index < -0.39 is 5.60 Å². The van der Waals surface area contributed by atoms with Crippen LogP contribution in [0, 0.1) is 0 Å². The van der Waals surface area contributed by atoms with Crippen molar-refractivity contribution in [3.05, 3.63) is 47.9 Å². The van der Waals surface area contributed by atoms with Crippen molar-refractivity contribution in [3.63, 3.8) is 0 Å². The number of nitrogens with one attached hydrogen (secondary N) is 1. The Balaban J connectivity index is 1.46. The van der Waals surface area contributed by atoms with Gasteiger partial charge in [0, 0.05) is 51.1 Å². The van der Waals surface area contributed by atoms with Gasteiger partial charge in [-0.2, -0.15) is 5.10 Å². The molecule has 4 heterocycles. The molecule has 0 spiro atoms. The summed E-state index contributed by atoms with van der Waals surface area (Å²) in [6.45, 7) is 4.80. The van der Waals surface area contributed by atoms with Crippen LogP contribution < -0.4 is 20.7 Å². The van der Waals surface area contributed by atoms with Crippen LogP contribution in [-0.2, 0) is 11.2 Å². The van der Waals surface area contributed by atoms with Gasteiger partial charge in [-0.3, -0.25) is 14.5 Å². The van der Waals surface area contributed by atoms with Gasteiger partial charge in [-0.05, 0) is 24.6 Å². The Morgan fingerprint density at radius 3 is 2.82 bits per heavy atom. The summed E-state index contributed by atoms with van der Waals surface area (Å²) in [7, 11) is 0. The number of aromatic nitrogens is 3. The number of anilines is 2. The van der Waals surface area contributed by atoms with Crippen LogP contribution in [0.4, 0.5) is 11.4 Å². The van der Waals surface area contributed by atoms with Crippen LogP contribution >= 0.6 is 0 Å². The second-order valence-corrected chi connectivity index (χ2v) is 9.07. The number of benzene rings is 1. The molecule has 34 heavy (non-hydrogen) atoms. The molecule has 1 saturated heterocycles. The SMILES string of the molecule is CC1(O)COc2cc(N3CCN(CC(N)=O)CC3)c(NC(=O)c3cnn4cccnc34)cc2C1. The van der Waals surface area contributed by atoms with E-state index in [-0.39, 0.29) is 25.0 Å². The molecule has 0 saturated carbocycles. The smallest absolute Gasteiger partial charge is 0.261 e. The summed E-state index contributed by atoms with van der Waals surface area (Å²) in [5, 5.41) is 17.7. The summed E-state index contributed by atoms with van der Waals surface area (Å²) in [6, 6.07) is 5.52. The average Bonchev–Trinajstić information content (AvgIpc) is 3.23. The van der Waals surface area contributed by atoms with Gasteiger partial charge < -0.3 is 25.8 Å². The van der Waals surface area contributed by atoms with Crippen molar-refractivity contribution in [2.75, 3.05) is 49.5 Å². The lowest BCUT2D eigenvalue weighted by Crippen LogP contribution is -2.49. The molecule has 2 aliphatic heterocycles. The van der Waals surface area contributed by atoms with E-state index in [0.29, 0.717) is 55.2 Å². The van der Waals surface area contributed by atoms with Crippen molar-refractivity contribution in [2.24, 2.45) is 5.73 Å². The molecule has 1 atom stereocenters. The zero-order valence-electron chi connectivity index (χ0n) is 18.9. The highest BCUT2D eigenvalue weighted by Crippen LogP contribution is 2.39. The third-order valence-electron chi connectivity index (χ3n) is 6.15. The van der Waals surface area contributed by atoms with E-state index in [9.17, 15) is 14.7 Å². The summed E-state index contributed by atoms with van der Waals surface area (Å²) in [5.74, 6) is 0.0140. The van der Waals surface area contributed by atoms with E-state index >= 15 is 0 Å². The first kappa shape index (κ1) is 22.1. The van der Waals surface area contributed by atoms with E-state index in [1.165, 1.54) is 6.20 Å². The van der Waals surface area contributed by atoms with Gasteiger partial charge in [-0.25, -0.2) is 9.50 Å². The number of amides is 2. The maximum Gasteiger partial charge on any atom is 0.261 e. The summed E-state index contributed by atoms with van der Waals surface area (Å²) in [5.41, 5.74) is 7.43. The Hall–Kier alpha value is -3.70. The summed E-state index contributed by atoms with van der Waals surface area (Å²) < 4.78 is 7.40. The topological polar surface area (TPSA) is 138 Å². The number of carbonyl (C=O) groups excluding carboxylic acids is 2. The van der Waals surface area contributed by atoms with Crippen molar-refractivity contribution in [2.45, 2.75) is 18.9 Å². The van der Waals surface area contributed by atoms with Crippen LogP contribution in [0.1, 0.15) is 22.8 Å². The molecule has 5 rings (SSSR count). The van der Waals surface area contributed by atoms with Gasteiger partial charge in [0.05, 0.1) is 29.7 Å². The van der Waals surface area contributed by atoms with Gasteiger partial charge in [0.15, 0.2) is 5.65 Å². The minimum Gasteiger partial charge on any atom is -0.490 e. The van der Waals surface area contributed by atoms with Crippen LogP contribution in [0.5, 0.6) is 5.75 Å². The molecule has 0 radical (unpaired) electrons. The number of nitrogens with two attached hydrogens (primary N) is 1. The van der Waals surface area contributed by atoms with E-state index in [4.69, 9.17) is 10.5 Å². The Kier molecular flexibility index (Phi) is 5.58. The molecule has 178 valence electrons. The first-order valence-electron chi connectivity index (χ1n) is 11.2. The van der Waals surface area contributed by atoms with Crippen LogP contribution in [-0.4, -0.2) is 81.4 Å². The fraction of sp³-hybridized carbons (Fsp3) is 0.391. The van der Waals surface area contributed by atoms with E-state index in [2.05, 4.69) is 20.3 Å². The second-order valence-electron chi connectivity index (χ2n) is 9.07. The number of hydrogen-bond donors (Lipinski definition) is 3. The zero-order chi connectivity index (χ0) is 23.9. The van der Waals surface area contributed by atoms with E-state index in [0.717, 1.165) is 11.3 Å². The molecule has 3 aromatic rings. The molecular formula is C23H27N7O4. The minimum atomic E-state index is -0.984. The van der Waals surface area contributed by atoms with Crippen molar-refractivity contribution in [1.29, 1.82) is 0 Å². The Morgan fingerprint density at radius 1 is 1.26 bits per heavy atom. The zero-order valence-corrected chi connectivity index (χ0v) is 18.9. The average molecular weight is 466 g/mol. The number of carbonyl (C=O) groups is 2. The van der Waals surface area contributed by atoms with Crippen molar-refractivity contribution in [1.82, 2.24) is 19.5 Å². The number of fused-ring (bicyclic) bond motifs is 2. The van der Waals surface area contributed by atoms with E-state index in [1.807, 2.05) is 17.0 Å². The molecular weight excluding hydrogens is 438 g/mol. The number of piperazine rings is 1. The largest absolute Gasteiger partial charge is 0.490 e. The third kappa shape index (κ3) is 4.39. The Morgan fingerprint density at radius 2 is 2.06 bits per heavy atom. The molecule has 1 unspecified atom stereocenters. The number of nitrogens with zero attached hydrogens (tertiary/aromatic N) is 5. The highest BCUT2D eigenvalue weighted by Gasteiger charge is 2.31. The quantitative estimate of drug-likeness (QED) is 0.488. The minimum absolute atomic E-state index is 0.200. The normalized spacial score (nSPS) is 20.6. The number of hydrogen-bond acceptors (Lipinski definition) is 8. The Labute approximate surface area is 196 Å². The maximum absolute atomic E-state index is 13.2. The summed E-state index contributed by atoms with van der Waals surface area (Å²) in [6.07, 6.45) is 5.25. The van der Waals surface area contributed by atoms with Crippen LogP contribution in [0.25, 0.3) is 5.65 Å². The fourth-order valence-corrected chi connectivity index (χ4v) is 4.49.